The van der Waals surface area contributed by atoms with Gasteiger partial charge < -0.3 is 34.0 Å². The van der Waals surface area contributed by atoms with Crippen LogP contribution in [0.25, 0.3) is 0 Å². The van der Waals surface area contributed by atoms with Gasteiger partial charge in [-0.2, -0.15) is 0 Å². The van der Waals surface area contributed by atoms with Crippen molar-refractivity contribution in [1.82, 2.24) is 0 Å². The molecule has 1 aliphatic rings. The van der Waals surface area contributed by atoms with E-state index in [2.05, 4.69) is 95.8 Å². The van der Waals surface area contributed by atoms with Gasteiger partial charge in [0.15, 0.2) is 6.10 Å². The Morgan fingerprint density at radius 1 is 0.531 bits per heavy atom. The van der Waals surface area contributed by atoms with Gasteiger partial charge in [-0.25, -0.2) is 9.13 Å². The van der Waals surface area contributed by atoms with Crippen LogP contribution in [0.1, 0.15) is 155 Å². The standard InChI is InChI=1S/C48H80O14P2/c1-3-5-7-9-11-12-13-14-15-16-17-18-19-20-21-22-25-29-33-37-47(50)57-41-44(42-60-64(55,56)59-40-43(49)39-58-63(52,53)54)61-48(51)38-34-30-26-23-24-28-32-36-46-45(62-46)35-31-27-10-8-6-4-2/h11-12,14-15,17-18,20-21,23,26-28,31-32,43-46,49H,3-10,13,16,19,22,24-25,29-30,33-42H2,1-2H3,(H,55,56)(H2,52,53,54)/b12-11-,15-14-,18-17-,21-20-,26-23-,31-27-,32-28-/t43-,44+,45?,46?/m0/s1. The molecule has 0 spiro atoms. The third-order valence-electron chi connectivity index (χ3n) is 9.65. The second kappa shape index (κ2) is 39.4. The number of esters is 2. The number of unbranched alkanes of at least 4 members (excludes halogenated alkanes) is 10. The second-order valence-corrected chi connectivity index (χ2v) is 18.4. The zero-order valence-electron chi connectivity index (χ0n) is 38.5. The predicted molar refractivity (Wildman–Crippen MR) is 252 cm³/mol. The second-order valence-electron chi connectivity index (χ2n) is 15.7. The lowest BCUT2D eigenvalue weighted by atomic mass is 10.1. The first-order valence-electron chi connectivity index (χ1n) is 23.4. The van der Waals surface area contributed by atoms with Crippen molar-refractivity contribution in [3.63, 3.8) is 0 Å². The molecule has 0 amide bonds. The molecule has 16 heteroatoms. The van der Waals surface area contributed by atoms with Gasteiger partial charge in [-0.3, -0.25) is 23.2 Å². The number of aliphatic hydroxyl groups excluding tert-OH is 1. The highest BCUT2D eigenvalue weighted by molar-refractivity contribution is 7.47. The smallest absolute Gasteiger partial charge is 0.462 e. The number of phosphoric ester groups is 2. The highest BCUT2D eigenvalue weighted by Crippen LogP contribution is 2.44. The van der Waals surface area contributed by atoms with E-state index in [0.29, 0.717) is 25.4 Å². The molecule has 1 rings (SSSR count). The van der Waals surface area contributed by atoms with Gasteiger partial charge in [0, 0.05) is 12.8 Å². The molecule has 3 unspecified atom stereocenters. The Hall–Kier alpha value is -2.74. The van der Waals surface area contributed by atoms with E-state index in [0.717, 1.165) is 70.6 Å². The topological polar surface area (TPSA) is 208 Å². The number of aliphatic hydroxyl groups is 1. The summed E-state index contributed by atoms with van der Waals surface area (Å²) in [6, 6.07) is 0. The van der Waals surface area contributed by atoms with Crippen LogP contribution in [-0.4, -0.2) is 82.6 Å². The molecule has 0 aliphatic carbocycles. The Morgan fingerprint density at radius 3 is 1.52 bits per heavy atom. The summed E-state index contributed by atoms with van der Waals surface area (Å²) in [6.07, 6.45) is 47.5. The maximum Gasteiger partial charge on any atom is 0.472 e. The molecule has 5 atom stereocenters. The van der Waals surface area contributed by atoms with E-state index in [1.54, 1.807) is 0 Å². The molecule has 1 aliphatic heterocycles. The van der Waals surface area contributed by atoms with E-state index in [1.165, 1.54) is 38.5 Å². The highest BCUT2D eigenvalue weighted by atomic mass is 31.2. The first-order chi connectivity index (χ1) is 30.8. The van der Waals surface area contributed by atoms with E-state index in [9.17, 15) is 28.7 Å². The van der Waals surface area contributed by atoms with Crippen molar-refractivity contribution in [2.75, 3.05) is 26.4 Å². The molecule has 14 nitrogen and oxygen atoms in total. The maximum absolute atomic E-state index is 12.7. The summed E-state index contributed by atoms with van der Waals surface area (Å²) in [6.45, 7) is 1.59. The minimum Gasteiger partial charge on any atom is -0.462 e. The van der Waals surface area contributed by atoms with Crippen molar-refractivity contribution in [2.24, 2.45) is 0 Å². The number of epoxide rings is 1. The summed E-state index contributed by atoms with van der Waals surface area (Å²) in [5.74, 6) is -1.15. The molecule has 0 aromatic carbocycles. The van der Waals surface area contributed by atoms with Crippen LogP contribution < -0.4 is 0 Å². The molecule has 0 aromatic heterocycles. The molecule has 64 heavy (non-hydrogen) atoms. The number of carbonyl (C=O) groups excluding carboxylic acids is 2. The molecule has 1 heterocycles. The SMILES string of the molecule is CCCCC/C=C\C/C=C\C/C=C\C/C=C\CCCCCC(=O)OC[C@H](COP(=O)(O)OC[C@@H](O)COP(=O)(O)O)OC(=O)CCC/C=C\C/C=C\CC1OC1C/C=C\CCCCC. The fourth-order valence-corrected chi connectivity index (χ4v) is 7.11. The van der Waals surface area contributed by atoms with Gasteiger partial charge in [0.25, 0.3) is 0 Å². The number of phosphoric acid groups is 2. The fourth-order valence-electron chi connectivity index (χ4n) is 5.95. The van der Waals surface area contributed by atoms with Crippen LogP contribution >= 0.6 is 15.6 Å². The summed E-state index contributed by atoms with van der Waals surface area (Å²) in [7, 11) is -9.72. The maximum atomic E-state index is 12.7. The minimum atomic E-state index is -4.88. The summed E-state index contributed by atoms with van der Waals surface area (Å²) < 4.78 is 53.5. The zero-order valence-corrected chi connectivity index (χ0v) is 40.3. The van der Waals surface area contributed by atoms with Crippen LogP contribution in [0.3, 0.4) is 0 Å². The number of ether oxygens (including phenoxy) is 3. The van der Waals surface area contributed by atoms with Crippen molar-refractivity contribution >= 4 is 27.6 Å². The Bertz CT molecular complexity index is 1510. The number of rotatable bonds is 42. The molecule has 366 valence electrons. The quantitative estimate of drug-likeness (QED) is 0.0148. The Kier molecular flexibility index (Phi) is 36.5. The third-order valence-corrected chi connectivity index (χ3v) is 11.1. The molecule has 0 bridgehead atoms. The van der Waals surface area contributed by atoms with Crippen molar-refractivity contribution in [1.29, 1.82) is 0 Å². The monoisotopic (exact) mass is 943 g/mol. The predicted octanol–water partition coefficient (Wildman–Crippen LogP) is 11.3. The minimum absolute atomic E-state index is 0.0383. The van der Waals surface area contributed by atoms with Gasteiger partial charge >= 0.3 is 27.6 Å². The van der Waals surface area contributed by atoms with Crippen LogP contribution in [0.2, 0.25) is 0 Å². The van der Waals surface area contributed by atoms with Crippen LogP contribution in [0, 0.1) is 0 Å². The Morgan fingerprint density at radius 2 is 0.969 bits per heavy atom. The number of hydrogen-bond donors (Lipinski definition) is 4. The van der Waals surface area contributed by atoms with Crippen molar-refractivity contribution < 1.29 is 66.3 Å². The molecule has 0 aromatic rings. The molecular formula is C48H80O14P2. The largest absolute Gasteiger partial charge is 0.472 e. The molecule has 4 N–H and O–H groups in total. The lowest BCUT2D eigenvalue weighted by molar-refractivity contribution is -0.161. The lowest BCUT2D eigenvalue weighted by Gasteiger charge is -2.20. The van der Waals surface area contributed by atoms with Gasteiger partial charge in [0.05, 0.1) is 32.0 Å². The van der Waals surface area contributed by atoms with Crippen LogP contribution in [0.4, 0.5) is 0 Å². The summed E-state index contributed by atoms with van der Waals surface area (Å²) in [4.78, 5) is 52.8. The number of allylic oxidation sites excluding steroid dienone is 12. The molecule has 0 radical (unpaired) electrons. The normalized spacial score (nSPS) is 17.8. The number of hydrogen-bond acceptors (Lipinski definition) is 11. The van der Waals surface area contributed by atoms with Gasteiger partial charge in [-0.1, -0.05) is 131 Å². The average Bonchev–Trinajstić information content (AvgIpc) is 4.02. The molecule has 1 fully saturated rings. The molecule has 1 saturated heterocycles. The van der Waals surface area contributed by atoms with E-state index in [4.69, 9.17) is 28.5 Å². The van der Waals surface area contributed by atoms with Crippen molar-refractivity contribution in [3.8, 4) is 0 Å². The summed E-state index contributed by atoms with van der Waals surface area (Å²) in [5.41, 5.74) is 0. The van der Waals surface area contributed by atoms with Crippen LogP contribution in [0.15, 0.2) is 85.1 Å². The first-order valence-corrected chi connectivity index (χ1v) is 26.4. The lowest BCUT2D eigenvalue weighted by Crippen LogP contribution is -2.29. The molecular weight excluding hydrogens is 862 g/mol. The first kappa shape index (κ1) is 59.3. The zero-order chi connectivity index (χ0) is 47.0. The van der Waals surface area contributed by atoms with Crippen LogP contribution in [0.5, 0.6) is 0 Å². The van der Waals surface area contributed by atoms with Crippen molar-refractivity contribution in [3.05, 3.63) is 85.1 Å². The highest BCUT2D eigenvalue weighted by Gasteiger charge is 2.36. The van der Waals surface area contributed by atoms with E-state index >= 15 is 0 Å². The molecule has 0 saturated carbocycles. The third kappa shape index (κ3) is 39.6. The fraction of sp³-hybridized carbons (Fsp3) is 0.667. The van der Waals surface area contributed by atoms with Gasteiger partial charge in [-0.05, 0) is 96.3 Å². The Labute approximate surface area is 383 Å². The summed E-state index contributed by atoms with van der Waals surface area (Å²) in [5, 5.41) is 9.76. The number of carbonyl (C=O) groups is 2. The van der Waals surface area contributed by atoms with Gasteiger partial charge in [0.1, 0.15) is 12.7 Å². The van der Waals surface area contributed by atoms with E-state index in [1.807, 2.05) is 12.2 Å². The average molecular weight is 943 g/mol. The van der Waals surface area contributed by atoms with E-state index < -0.39 is 66.2 Å². The van der Waals surface area contributed by atoms with E-state index in [-0.39, 0.29) is 18.9 Å². The summed E-state index contributed by atoms with van der Waals surface area (Å²) >= 11 is 0. The Balaban J connectivity index is 2.41. The van der Waals surface area contributed by atoms with Crippen LogP contribution in [-0.2, 0) is 46.5 Å². The van der Waals surface area contributed by atoms with Crippen molar-refractivity contribution in [2.45, 2.75) is 180 Å². The van der Waals surface area contributed by atoms with Gasteiger partial charge in [-0.15, -0.1) is 0 Å². The van der Waals surface area contributed by atoms with Gasteiger partial charge in [0.2, 0.25) is 0 Å².